The Bertz CT molecular complexity index is 328. The van der Waals surface area contributed by atoms with Crippen LogP contribution in [-0.4, -0.2) is 5.91 Å². The quantitative estimate of drug-likeness (QED) is 0.673. The van der Waals surface area contributed by atoms with Gasteiger partial charge in [0.2, 0.25) is 5.91 Å². The summed E-state index contributed by atoms with van der Waals surface area (Å²) < 4.78 is 37.4. The van der Waals surface area contributed by atoms with Crippen molar-refractivity contribution in [3.8, 4) is 0 Å². The predicted molar refractivity (Wildman–Crippen MR) is 40.6 cm³/mol. The highest BCUT2D eigenvalue weighted by Gasteiger charge is 2.10. The van der Waals surface area contributed by atoms with Gasteiger partial charge in [0.25, 0.3) is 0 Å². The lowest BCUT2D eigenvalue weighted by molar-refractivity contribution is -0.114. The Balaban J connectivity index is 3.06. The Morgan fingerprint density at radius 1 is 1.23 bits per heavy atom. The second-order valence-corrected chi connectivity index (χ2v) is 2.44. The van der Waals surface area contributed by atoms with Crippen LogP contribution in [0.25, 0.3) is 0 Å². The topological polar surface area (TPSA) is 29.1 Å². The Hall–Kier alpha value is -1.52. The van der Waals surface area contributed by atoms with E-state index in [0.717, 1.165) is 0 Å². The first-order chi connectivity index (χ1) is 6.00. The predicted octanol–water partition coefficient (Wildman–Crippen LogP) is 2.06. The molecule has 1 amide bonds. The Morgan fingerprint density at radius 2 is 1.69 bits per heavy atom. The number of amides is 1. The van der Waals surface area contributed by atoms with Crippen LogP contribution in [0.15, 0.2) is 12.1 Å². The average molecular weight is 189 g/mol. The van der Waals surface area contributed by atoms with E-state index in [0.29, 0.717) is 12.1 Å². The van der Waals surface area contributed by atoms with Gasteiger partial charge in [0, 0.05) is 24.7 Å². The first-order valence-electron chi connectivity index (χ1n) is 3.43. The van der Waals surface area contributed by atoms with Crippen LogP contribution in [0, 0.1) is 17.5 Å². The van der Waals surface area contributed by atoms with Crippen molar-refractivity contribution >= 4 is 11.6 Å². The molecule has 0 unspecified atom stereocenters. The monoisotopic (exact) mass is 189 g/mol. The van der Waals surface area contributed by atoms with E-state index in [9.17, 15) is 18.0 Å². The van der Waals surface area contributed by atoms with Crippen molar-refractivity contribution in [2.75, 3.05) is 5.32 Å². The molecule has 70 valence electrons. The molecule has 1 rings (SSSR count). The maximum atomic E-state index is 12.5. The zero-order valence-electron chi connectivity index (χ0n) is 6.70. The van der Waals surface area contributed by atoms with Gasteiger partial charge in [0.15, 0.2) is 17.5 Å². The largest absolute Gasteiger partial charge is 0.326 e. The summed E-state index contributed by atoms with van der Waals surface area (Å²) in [5.41, 5.74) is -0.107. The number of carbonyl (C=O) groups is 1. The number of hydrogen-bond acceptors (Lipinski definition) is 1. The molecule has 1 aromatic rings. The van der Waals surface area contributed by atoms with Crippen LogP contribution in [0.2, 0.25) is 0 Å². The molecule has 1 N–H and O–H groups in total. The fraction of sp³-hybridized carbons (Fsp3) is 0.125. The van der Waals surface area contributed by atoms with Crippen molar-refractivity contribution in [3.63, 3.8) is 0 Å². The lowest BCUT2D eigenvalue weighted by Gasteiger charge is -2.02. The number of anilines is 1. The summed E-state index contributed by atoms with van der Waals surface area (Å²) >= 11 is 0. The van der Waals surface area contributed by atoms with Crippen LogP contribution in [0.4, 0.5) is 18.9 Å². The first kappa shape index (κ1) is 9.57. The zero-order chi connectivity index (χ0) is 10.0. The molecule has 13 heavy (non-hydrogen) atoms. The molecule has 2 nitrogen and oxygen atoms in total. The lowest BCUT2D eigenvalue weighted by Crippen LogP contribution is -2.07. The molecule has 0 spiro atoms. The van der Waals surface area contributed by atoms with Crippen molar-refractivity contribution in [2.45, 2.75) is 6.92 Å². The summed E-state index contributed by atoms with van der Waals surface area (Å²) in [5, 5.41) is 2.13. The third-order valence-corrected chi connectivity index (χ3v) is 1.30. The zero-order valence-corrected chi connectivity index (χ0v) is 6.70. The number of rotatable bonds is 1. The molecule has 0 saturated carbocycles. The highest BCUT2D eigenvalue weighted by molar-refractivity contribution is 5.88. The van der Waals surface area contributed by atoms with Gasteiger partial charge in [-0.15, -0.1) is 0 Å². The molecule has 0 aromatic heterocycles. The molecular weight excluding hydrogens is 183 g/mol. The summed E-state index contributed by atoms with van der Waals surface area (Å²) in [6, 6.07) is 1.42. The van der Waals surface area contributed by atoms with Crippen molar-refractivity contribution in [1.82, 2.24) is 0 Å². The second kappa shape index (κ2) is 3.47. The molecule has 0 aliphatic carbocycles. The van der Waals surface area contributed by atoms with E-state index >= 15 is 0 Å². The van der Waals surface area contributed by atoms with E-state index in [1.54, 1.807) is 0 Å². The molecule has 1 aromatic carbocycles. The maximum Gasteiger partial charge on any atom is 0.221 e. The smallest absolute Gasteiger partial charge is 0.221 e. The lowest BCUT2D eigenvalue weighted by atomic mass is 10.3. The normalized spacial score (nSPS) is 9.85. The number of carbonyl (C=O) groups excluding carboxylic acids is 1. The van der Waals surface area contributed by atoms with E-state index in [2.05, 4.69) is 5.32 Å². The molecule has 0 heterocycles. The minimum atomic E-state index is -1.55. The average Bonchev–Trinajstić information content (AvgIpc) is 1.98. The highest BCUT2D eigenvalue weighted by atomic mass is 19.2. The number of benzene rings is 1. The summed E-state index contributed by atoms with van der Waals surface area (Å²) in [6.07, 6.45) is 0. The van der Waals surface area contributed by atoms with Crippen molar-refractivity contribution in [3.05, 3.63) is 29.6 Å². The summed E-state index contributed by atoms with van der Waals surface area (Å²) in [6.45, 7) is 1.18. The second-order valence-electron chi connectivity index (χ2n) is 2.44. The van der Waals surface area contributed by atoms with Crippen LogP contribution in [0.5, 0.6) is 0 Å². The third kappa shape index (κ3) is 2.21. The summed E-state index contributed by atoms with van der Waals surface area (Å²) in [5.74, 6) is -4.69. The van der Waals surface area contributed by atoms with E-state index < -0.39 is 23.4 Å². The van der Waals surface area contributed by atoms with Gasteiger partial charge >= 0.3 is 0 Å². The van der Waals surface area contributed by atoms with E-state index in [1.165, 1.54) is 6.92 Å². The van der Waals surface area contributed by atoms with E-state index in [-0.39, 0.29) is 5.69 Å². The molecule has 0 radical (unpaired) electrons. The van der Waals surface area contributed by atoms with Gasteiger partial charge in [-0.3, -0.25) is 4.79 Å². The van der Waals surface area contributed by atoms with Crippen molar-refractivity contribution in [1.29, 1.82) is 0 Å². The van der Waals surface area contributed by atoms with Crippen LogP contribution in [-0.2, 0) is 4.79 Å². The highest BCUT2D eigenvalue weighted by Crippen LogP contribution is 2.16. The van der Waals surface area contributed by atoms with Gasteiger partial charge in [-0.2, -0.15) is 0 Å². The molecule has 5 heteroatoms. The fourth-order valence-electron chi connectivity index (χ4n) is 0.831. The third-order valence-electron chi connectivity index (χ3n) is 1.30. The number of halogens is 3. The maximum absolute atomic E-state index is 12.5. The first-order valence-corrected chi connectivity index (χ1v) is 3.43. The minimum Gasteiger partial charge on any atom is -0.326 e. The van der Waals surface area contributed by atoms with E-state index in [1.807, 2.05) is 0 Å². The Labute approximate surface area is 72.4 Å². The van der Waals surface area contributed by atoms with Crippen molar-refractivity contribution < 1.29 is 18.0 Å². The van der Waals surface area contributed by atoms with Crippen LogP contribution >= 0.6 is 0 Å². The fourth-order valence-corrected chi connectivity index (χ4v) is 0.831. The summed E-state index contributed by atoms with van der Waals surface area (Å²) in [4.78, 5) is 10.5. The molecule has 0 atom stereocenters. The standard InChI is InChI=1S/C8H6F3NO/c1-4(13)12-5-2-6(9)8(11)7(10)3-5/h2-3H,1H3,(H,12,13). The molecule has 0 aliphatic heterocycles. The van der Waals surface area contributed by atoms with Gasteiger partial charge in [-0.05, 0) is 0 Å². The Kier molecular flexibility index (Phi) is 2.55. The molecule has 0 bridgehead atoms. The Morgan fingerprint density at radius 3 is 2.08 bits per heavy atom. The molecule has 0 fully saturated rings. The molecule has 0 saturated heterocycles. The summed E-state index contributed by atoms with van der Waals surface area (Å²) in [7, 11) is 0. The van der Waals surface area contributed by atoms with Crippen LogP contribution in [0.3, 0.4) is 0 Å². The van der Waals surface area contributed by atoms with Crippen molar-refractivity contribution in [2.24, 2.45) is 0 Å². The SMILES string of the molecule is CC(=O)Nc1cc(F)c(F)c(F)c1. The van der Waals surface area contributed by atoms with Gasteiger partial charge in [0.05, 0.1) is 0 Å². The number of nitrogens with one attached hydrogen (secondary N) is 1. The van der Waals surface area contributed by atoms with Crippen LogP contribution in [0.1, 0.15) is 6.92 Å². The van der Waals surface area contributed by atoms with Gasteiger partial charge in [-0.1, -0.05) is 0 Å². The minimum absolute atomic E-state index is 0.107. The van der Waals surface area contributed by atoms with Gasteiger partial charge in [-0.25, -0.2) is 13.2 Å². The molecule has 0 aliphatic rings. The van der Waals surface area contributed by atoms with Crippen LogP contribution < -0.4 is 5.32 Å². The molecular formula is C8H6F3NO. The van der Waals surface area contributed by atoms with E-state index in [4.69, 9.17) is 0 Å². The van der Waals surface area contributed by atoms with Gasteiger partial charge < -0.3 is 5.32 Å². The van der Waals surface area contributed by atoms with Gasteiger partial charge in [0.1, 0.15) is 0 Å². The number of hydrogen-bond donors (Lipinski definition) is 1.